The minimum Gasteiger partial charge on any atom is -0.324 e. The maximum Gasteiger partial charge on any atom is 0.227 e. The molecular weight excluding hydrogens is 302 g/mol. The molecule has 0 radical (unpaired) electrons. The minimum absolute atomic E-state index is 0.00326. The molecule has 1 amide bonds. The average molecular weight is 321 g/mol. The van der Waals surface area contributed by atoms with Crippen LogP contribution in [0.4, 0.5) is 5.69 Å². The Bertz CT molecular complexity index is 867. The first-order valence-corrected chi connectivity index (χ1v) is 8.12. The van der Waals surface area contributed by atoms with Crippen LogP contribution in [-0.4, -0.2) is 33.5 Å². The molecule has 1 saturated heterocycles. The predicted molar refractivity (Wildman–Crippen MR) is 93.0 cm³/mol. The number of rotatable bonds is 4. The molecule has 6 heteroatoms. The zero-order valence-corrected chi connectivity index (χ0v) is 13.4. The summed E-state index contributed by atoms with van der Waals surface area (Å²) in [5, 5.41) is 6.14. The molecule has 3 heterocycles. The molecule has 0 aliphatic carbocycles. The molecule has 2 N–H and O–H groups in total. The largest absolute Gasteiger partial charge is 0.324 e. The Morgan fingerprint density at radius 3 is 2.79 bits per heavy atom. The Morgan fingerprint density at radius 1 is 1.25 bits per heavy atom. The van der Waals surface area contributed by atoms with Gasteiger partial charge in [-0.1, -0.05) is 19.1 Å². The second-order valence-corrected chi connectivity index (χ2v) is 6.20. The molecule has 1 atom stereocenters. The highest BCUT2D eigenvalue weighted by Gasteiger charge is 2.28. The summed E-state index contributed by atoms with van der Waals surface area (Å²) in [4.78, 5) is 21.1. The number of hydrogen-bond acceptors (Lipinski definition) is 4. The van der Waals surface area contributed by atoms with Crippen LogP contribution >= 0.6 is 0 Å². The van der Waals surface area contributed by atoms with Crippen LogP contribution in [0.2, 0.25) is 0 Å². The Morgan fingerprint density at radius 2 is 2.08 bits per heavy atom. The first-order valence-electron chi connectivity index (χ1n) is 8.12. The van der Waals surface area contributed by atoms with E-state index in [0.717, 1.165) is 29.9 Å². The normalized spacial score (nSPS) is 15.9. The van der Waals surface area contributed by atoms with Gasteiger partial charge in [0, 0.05) is 5.92 Å². The molecule has 1 unspecified atom stereocenters. The Balaban J connectivity index is 1.51. The van der Waals surface area contributed by atoms with Gasteiger partial charge in [0.2, 0.25) is 5.91 Å². The third-order valence-electron chi connectivity index (χ3n) is 4.65. The lowest BCUT2D eigenvalue weighted by Crippen LogP contribution is -2.48. The van der Waals surface area contributed by atoms with Gasteiger partial charge in [-0.05, 0) is 43.3 Å². The fraction of sp³-hybridized carbons (Fsp3) is 0.278. The van der Waals surface area contributed by atoms with E-state index in [1.165, 1.54) is 0 Å². The monoisotopic (exact) mass is 321 g/mol. The Hall–Kier alpha value is -2.73. The number of fused-ring (bicyclic) bond motifs is 1. The van der Waals surface area contributed by atoms with Crippen molar-refractivity contribution < 1.29 is 4.79 Å². The maximum atomic E-state index is 12.3. The van der Waals surface area contributed by atoms with Gasteiger partial charge >= 0.3 is 0 Å². The number of aromatic nitrogens is 3. The van der Waals surface area contributed by atoms with Gasteiger partial charge in [0.05, 0.1) is 22.9 Å². The first-order chi connectivity index (χ1) is 11.7. The SMILES string of the molecule is CC(C(=O)Nc1ccc(-n2cnc3ccccc32)nc1)C1CNC1. The van der Waals surface area contributed by atoms with E-state index in [0.29, 0.717) is 11.6 Å². The highest BCUT2D eigenvalue weighted by atomic mass is 16.1. The van der Waals surface area contributed by atoms with Crippen molar-refractivity contribution in [1.82, 2.24) is 19.9 Å². The number of carbonyl (C=O) groups is 1. The molecule has 2 aromatic heterocycles. The van der Waals surface area contributed by atoms with E-state index >= 15 is 0 Å². The quantitative estimate of drug-likeness (QED) is 0.773. The summed E-state index contributed by atoms with van der Waals surface area (Å²) in [5.74, 6) is 1.25. The molecule has 1 aromatic carbocycles. The zero-order chi connectivity index (χ0) is 16.5. The number of carbonyl (C=O) groups excluding carboxylic acids is 1. The molecule has 24 heavy (non-hydrogen) atoms. The van der Waals surface area contributed by atoms with Crippen molar-refractivity contribution in [2.24, 2.45) is 11.8 Å². The van der Waals surface area contributed by atoms with E-state index in [4.69, 9.17) is 0 Å². The highest BCUT2D eigenvalue weighted by Crippen LogP contribution is 2.20. The number of nitrogens with one attached hydrogen (secondary N) is 2. The second kappa shape index (κ2) is 6.05. The number of benzene rings is 1. The van der Waals surface area contributed by atoms with Crippen LogP contribution in [-0.2, 0) is 4.79 Å². The van der Waals surface area contributed by atoms with Crippen molar-refractivity contribution in [2.75, 3.05) is 18.4 Å². The minimum atomic E-state index is 0.00326. The van der Waals surface area contributed by atoms with Gasteiger partial charge < -0.3 is 10.6 Å². The lowest BCUT2D eigenvalue weighted by atomic mass is 9.88. The fourth-order valence-corrected chi connectivity index (χ4v) is 2.88. The van der Waals surface area contributed by atoms with Crippen LogP contribution in [0, 0.1) is 11.8 Å². The van der Waals surface area contributed by atoms with Gasteiger partial charge in [-0.2, -0.15) is 0 Å². The number of imidazole rings is 1. The summed E-state index contributed by atoms with van der Waals surface area (Å²) in [7, 11) is 0. The molecule has 122 valence electrons. The zero-order valence-electron chi connectivity index (χ0n) is 13.4. The number of anilines is 1. The van der Waals surface area contributed by atoms with Crippen LogP contribution in [0.1, 0.15) is 6.92 Å². The van der Waals surface area contributed by atoms with Crippen molar-refractivity contribution >= 4 is 22.6 Å². The summed E-state index contributed by atoms with van der Waals surface area (Å²) in [6.07, 6.45) is 3.45. The van der Waals surface area contributed by atoms with Crippen molar-refractivity contribution in [3.8, 4) is 5.82 Å². The smallest absolute Gasteiger partial charge is 0.227 e. The molecular formula is C18H19N5O. The fourth-order valence-electron chi connectivity index (χ4n) is 2.88. The number of hydrogen-bond donors (Lipinski definition) is 2. The van der Waals surface area contributed by atoms with E-state index < -0.39 is 0 Å². The first kappa shape index (κ1) is 14.8. The van der Waals surface area contributed by atoms with E-state index in [1.807, 2.05) is 47.9 Å². The van der Waals surface area contributed by atoms with Gasteiger partial charge in [0.15, 0.2) is 0 Å². The van der Waals surface area contributed by atoms with Crippen molar-refractivity contribution in [3.05, 3.63) is 48.9 Å². The summed E-state index contributed by atoms with van der Waals surface area (Å²) in [6, 6.07) is 11.7. The molecule has 1 aliphatic rings. The molecule has 3 aromatic rings. The van der Waals surface area contributed by atoms with E-state index in [9.17, 15) is 4.79 Å². The second-order valence-electron chi connectivity index (χ2n) is 6.20. The van der Waals surface area contributed by atoms with E-state index in [-0.39, 0.29) is 11.8 Å². The Labute approximate surface area is 139 Å². The predicted octanol–water partition coefficient (Wildman–Crippen LogP) is 2.21. The Kier molecular flexibility index (Phi) is 3.74. The van der Waals surface area contributed by atoms with E-state index in [2.05, 4.69) is 20.6 Å². The van der Waals surface area contributed by atoms with Gasteiger partial charge in [-0.25, -0.2) is 9.97 Å². The van der Waals surface area contributed by atoms with Crippen LogP contribution in [0.25, 0.3) is 16.9 Å². The molecule has 0 saturated carbocycles. The van der Waals surface area contributed by atoms with Gasteiger partial charge in [0.1, 0.15) is 12.1 Å². The summed E-state index contributed by atoms with van der Waals surface area (Å²) >= 11 is 0. The average Bonchev–Trinajstić information content (AvgIpc) is 2.98. The van der Waals surface area contributed by atoms with Gasteiger partial charge in [-0.15, -0.1) is 0 Å². The maximum absolute atomic E-state index is 12.3. The molecule has 1 fully saturated rings. The number of amides is 1. The lowest BCUT2D eigenvalue weighted by Gasteiger charge is -2.31. The summed E-state index contributed by atoms with van der Waals surface area (Å²) in [6.45, 7) is 3.80. The van der Waals surface area contributed by atoms with Crippen molar-refractivity contribution in [3.63, 3.8) is 0 Å². The van der Waals surface area contributed by atoms with Crippen LogP contribution in [0.5, 0.6) is 0 Å². The third-order valence-corrected chi connectivity index (χ3v) is 4.65. The van der Waals surface area contributed by atoms with E-state index in [1.54, 1.807) is 12.5 Å². The van der Waals surface area contributed by atoms with Crippen LogP contribution in [0.15, 0.2) is 48.9 Å². The standard InChI is InChI=1S/C18H19N5O/c1-12(13-8-19-9-13)18(24)22-14-6-7-17(20-10-14)23-11-21-15-4-2-3-5-16(15)23/h2-7,10-13,19H,8-9H2,1H3,(H,22,24). The lowest BCUT2D eigenvalue weighted by molar-refractivity contribution is -0.121. The van der Waals surface area contributed by atoms with Gasteiger partial charge in [0.25, 0.3) is 0 Å². The molecule has 6 nitrogen and oxygen atoms in total. The number of nitrogens with zero attached hydrogens (tertiary/aromatic N) is 3. The molecule has 0 bridgehead atoms. The topological polar surface area (TPSA) is 71.8 Å². The summed E-state index contributed by atoms with van der Waals surface area (Å²) in [5.41, 5.74) is 2.65. The van der Waals surface area contributed by atoms with Crippen molar-refractivity contribution in [1.29, 1.82) is 0 Å². The molecule has 1 aliphatic heterocycles. The highest BCUT2D eigenvalue weighted by molar-refractivity contribution is 5.92. The molecule has 0 spiro atoms. The third kappa shape index (κ3) is 2.65. The van der Waals surface area contributed by atoms with Crippen LogP contribution < -0.4 is 10.6 Å². The van der Waals surface area contributed by atoms with Crippen molar-refractivity contribution in [2.45, 2.75) is 6.92 Å². The van der Waals surface area contributed by atoms with Gasteiger partial charge in [-0.3, -0.25) is 9.36 Å². The number of para-hydroxylation sites is 2. The number of pyridine rings is 1. The molecule has 4 rings (SSSR count). The summed E-state index contributed by atoms with van der Waals surface area (Å²) < 4.78 is 1.93. The van der Waals surface area contributed by atoms with Crippen LogP contribution in [0.3, 0.4) is 0 Å².